The Morgan fingerprint density at radius 1 is 0.974 bits per heavy atom. The number of likely N-dealkylation sites (tertiary alicyclic amines) is 1. The Hall–Kier alpha value is -2.79. The van der Waals surface area contributed by atoms with E-state index in [1.807, 2.05) is 0 Å². The molecule has 3 amide bonds. The number of aromatic nitrogens is 1. The Kier molecular flexibility index (Phi) is 7.22. The Balaban J connectivity index is 1.39. The second-order valence-electron chi connectivity index (χ2n) is 9.65. The van der Waals surface area contributed by atoms with E-state index in [4.69, 9.17) is 27.9 Å². The first-order valence-corrected chi connectivity index (χ1v) is 15.0. The van der Waals surface area contributed by atoms with Gasteiger partial charge in [-0.1, -0.05) is 46.3 Å². The van der Waals surface area contributed by atoms with Crippen molar-refractivity contribution in [2.24, 2.45) is 5.92 Å². The number of ether oxygens (including phenoxy) is 1. The highest BCUT2D eigenvalue weighted by Gasteiger charge is 2.56. The molecule has 202 valence electrons. The third-order valence-electron chi connectivity index (χ3n) is 7.28. The van der Waals surface area contributed by atoms with Gasteiger partial charge in [0.2, 0.25) is 11.8 Å². The molecule has 39 heavy (non-hydrogen) atoms. The summed E-state index contributed by atoms with van der Waals surface area (Å²) in [6.45, 7) is 1.25. The van der Waals surface area contributed by atoms with Gasteiger partial charge in [-0.15, -0.1) is 0 Å². The van der Waals surface area contributed by atoms with Crippen molar-refractivity contribution in [3.63, 3.8) is 0 Å². The zero-order chi connectivity index (χ0) is 27.3. The molecule has 2 fully saturated rings. The summed E-state index contributed by atoms with van der Waals surface area (Å²) in [6, 6.07) is 11.5. The second kappa shape index (κ2) is 10.6. The maximum atomic E-state index is 13.9. The van der Waals surface area contributed by atoms with E-state index in [9.17, 15) is 19.2 Å². The fourth-order valence-corrected chi connectivity index (χ4v) is 8.28. The number of piperidine rings is 1. The van der Waals surface area contributed by atoms with Crippen molar-refractivity contribution < 1.29 is 19.1 Å². The highest BCUT2D eigenvalue weighted by atomic mass is 35.5. The molecule has 6 rings (SSSR count). The molecule has 4 heterocycles. The molecule has 2 saturated heterocycles. The van der Waals surface area contributed by atoms with Crippen LogP contribution in [0.4, 0.5) is 5.69 Å². The molecule has 3 aliphatic heterocycles. The van der Waals surface area contributed by atoms with Crippen molar-refractivity contribution in [2.45, 2.75) is 35.5 Å². The van der Waals surface area contributed by atoms with Gasteiger partial charge < -0.3 is 14.6 Å². The van der Waals surface area contributed by atoms with Crippen LogP contribution >= 0.6 is 46.3 Å². The average molecular weight is 605 g/mol. The van der Waals surface area contributed by atoms with Crippen LogP contribution in [0.2, 0.25) is 10.0 Å². The van der Waals surface area contributed by atoms with Crippen molar-refractivity contribution in [3.05, 3.63) is 72.6 Å². The Morgan fingerprint density at radius 2 is 1.69 bits per heavy atom. The fourth-order valence-electron chi connectivity index (χ4n) is 5.46. The summed E-state index contributed by atoms with van der Waals surface area (Å²) in [4.78, 5) is 59.0. The molecular weight excluding hydrogens is 581 g/mol. The van der Waals surface area contributed by atoms with E-state index in [0.717, 1.165) is 30.6 Å². The predicted molar refractivity (Wildman–Crippen MR) is 151 cm³/mol. The van der Waals surface area contributed by atoms with Crippen LogP contribution in [-0.4, -0.2) is 52.6 Å². The molecule has 0 saturated carbocycles. The first-order valence-electron chi connectivity index (χ1n) is 12.5. The third-order valence-corrected chi connectivity index (χ3v) is 10.2. The number of carbonyl (C=O) groups is 3. The molecular formula is C27H23Cl2N3O5S2. The first-order chi connectivity index (χ1) is 18.8. The van der Waals surface area contributed by atoms with Gasteiger partial charge in [-0.3, -0.25) is 19.2 Å². The van der Waals surface area contributed by atoms with Gasteiger partial charge in [0.05, 0.1) is 16.6 Å². The van der Waals surface area contributed by atoms with Crippen LogP contribution < -0.4 is 14.5 Å². The molecule has 0 spiro atoms. The molecule has 8 nitrogen and oxygen atoms in total. The number of carbonyl (C=O) groups excluding carboxylic acids is 3. The molecule has 1 aromatic heterocycles. The number of fused-ring (bicyclic) bond motifs is 2. The molecule has 0 unspecified atom stereocenters. The molecule has 0 bridgehead atoms. The lowest BCUT2D eigenvalue weighted by Gasteiger charge is -2.31. The number of H-pyrrole nitrogens is 1. The van der Waals surface area contributed by atoms with Crippen LogP contribution in [0.5, 0.6) is 5.75 Å². The summed E-state index contributed by atoms with van der Waals surface area (Å²) in [5.41, 5.74) is 0.981. The topological polar surface area (TPSA) is 99.8 Å². The number of imide groups is 1. The average Bonchev–Trinajstić information content (AvgIpc) is 3.43. The Labute approximate surface area is 242 Å². The maximum absolute atomic E-state index is 13.9. The van der Waals surface area contributed by atoms with Crippen LogP contribution in [0.25, 0.3) is 0 Å². The van der Waals surface area contributed by atoms with Gasteiger partial charge in [-0.25, -0.2) is 4.90 Å². The summed E-state index contributed by atoms with van der Waals surface area (Å²) >= 11 is 14.6. The van der Waals surface area contributed by atoms with Crippen LogP contribution in [0.1, 0.15) is 35.6 Å². The van der Waals surface area contributed by atoms with Gasteiger partial charge in [0.25, 0.3) is 5.91 Å². The second-order valence-corrected chi connectivity index (χ2v) is 12.7. The quantitative estimate of drug-likeness (QED) is 0.415. The minimum Gasteiger partial charge on any atom is -0.483 e. The smallest absolute Gasteiger partial charge is 0.305 e. The van der Waals surface area contributed by atoms with E-state index in [1.54, 1.807) is 47.4 Å². The predicted octanol–water partition coefficient (Wildman–Crippen LogP) is 4.93. The number of nitrogens with one attached hydrogen (secondary N) is 1. The van der Waals surface area contributed by atoms with E-state index in [1.165, 1.54) is 16.7 Å². The normalized spacial score (nSPS) is 22.6. The van der Waals surface area contributed by atoms with E-state index < -0.39 is 17.1 Å². The van der Waals surface area contributed by atoms with Crippen molar-refractivity contribution in [1.82, 2.24) is 9.88 Å². The van der Waals surface area contributed by atoms with Crippen molar-refractivity contribution >= 4 is 69.7 Å². The van der Waals surface area contributed by atoms with Gasteiger partial charge in [0.15, 0.2) is 6.61 Å². The van der Waals surface area contributed by atoms with Crippen molar-refractivity contribution in [2.75, 3.05) is 24.6 Å². The number of hydrogen-bond donors (Lipinski definition) is 1. The minimum absolute atomic E-state index is 0.110. The van der Waals surface area contributed by atoms with Gasteiger partial charge in [0.1, 0.15) is 11.0 Å². The zero-order valence-corrected chi connectivity index (χ0v) is 23.7. The number of thiazole rings is 1. The maximum Gasteiger partial charge on any atom is 0.305 e. The largest absolute Gasteiger partial charge is 0.483 e. The fraction of sp³-hybridized carbons (Fsp3) is 0.333. The number of aromatic amines is 1. The van der Waals surface area contributed by atoms with Gasteiger partial charge in [-0.2, -0.15) is 0 Å². The summed E-state index contributed by atoms with van der Waals surface area (Å²) in [6.07, 6.45) is 3.04. The van der Waals surface area contributed by atoms with E-state index in [0.29, 0.717) is 50.0 Å². The molecule has 0 radical (unpaired) electrons. The Bertz CT molecular complexity index is 1520. The van der Waals surface area contributed by atoms with Crippen molar-refractivity contribution in [1.29, 1.82) is 0 Å². The number of anilines is 1. The highest BCUT2D eigenvalue weighted by Crippen LogP contribution is 2.54. The van der Waals surface area contributed by atoms with E-state index >= 15 is 0 Å². The van der Waals surface area contributed by atoms with Gasteiger partial charge in [0, 0.05) is 39.5 Å². The molecule has 12 heteroatoms. The minimum atomic E-state index is -0.809. The van der Waals surface area contributed by atoms with Crippen LogP contribution in [0.15, 0.2) is 52.3 Å². The molecule has 3 atom stereocenters. The molecule has 2 aromatic carbocycles. The molecule has 3 aliphatic rings. The number of thioether (sulfide) groups is 1. The lowest BCUT2D eigenvalue weighted by Crippen LogP contribution is -2.38. The Morgan fingerprint density at radius 3 is 2.44 bits per heavy atom. The van der Waals surface area contributed by atoms with E-state index in [2.05, 4.69) is 4.98 Å². The number of benzene rings is 2. The number of rotatable bonds is 5. The lowest BCUT2D eigenvalue weighted by atomic mass is 9.82. The number of hydrogen-bond acceptors (Lipinski definition) is 7. The van der Waals surface area contributed by atoms with Crippen LogP contribution in [0.3, 0.4) is 0 Å². The van der Waals surface area contributed by atoms with Crippen molar-refractivity contribution in [3.8, 4) is 5.75 Å². The number of amides is 3. The monoisotopic (exact) mass is 603 g/mol. The first kappa shape index (κ1) is 26.4. The summed E-state index contributed by atoms with van der Waals surface area (Å²) < 4.78 is 6.05. The third kappa shape index (κ3) is 4.88. The summed E-state index contributed by atoms with van der Waals surface area (Å²) in [5, 5.41) is 0.677. The summed E-state index contributed by atoms with van der Waals surface area (Å²) in [7, 11) is 0. The lowest BCUT2D eigenvalue weighted by molar-refractivity contribution is -0.134. The van der Waals surface area contributed by atoms with Gasteiger partial charge in [-0.05, 0) is 61.7 Å². The molecule has 0 aliphatic carbocycles. The molecule has 3 aromatic rings. The number of nitrogens with zero attached hydrogens (tertiary/aromatic N) is 2. The molecule has 1 N–H and O–H groups in total. The standard InChI is InChI=1S/C27H23Cl2N3O5S2/c28-14-4-7-16(8-5-14)32-25(34)21-20(22-24(30-27(36)39-22)38-23(21)26(32)35)17-12-15(29)6-9-18(17)37-13-19(33)31-10-2-1-3-11-31/h4-9,12,20-21,23H,1-3,10-11,13H2,(H,30,36)/t20-,21-,23+/m0/s1. The van der Waals surface area contributed by atoms with Crippen LogP contribution in [0, 0.1) is 5.92 Å². The number of halogens is 2. The SMILES string of the molecule is O=C(COc1ccc(Cl)cc1[C@@H]1c2sc(=O)[nH]c2S[C@H]2C(=O)N(c3ccc(Cl)cc3)C(=O)[C@@H]12)N1CCCCC1. The van der Waals surface area contributed by atoms with Gasteiger partial charge >= 0.3 is 4.87 Å². The summed E-state index contributed by atoms with van der Waals surface area (Å²) in [5.74, 6) is -1.96. The zero-order valence-electron chi connectivity index (χ0n) is 20.5. The van der Waals surface area contributed by atoms with E-state index in [-0.39, 0.29) is 29.2 Å². The van der Waals surface area contributed by atoms with Crippen LogP contribution in [-0.2, 0) is 14.4 Å². The highest BCUT2D eigenvalue weighted by molar-refractivity contribution is 8.00.